The van der Waals surface area contributed by atoms with Gasteiger partial charge in [0.25, 0.3) is 0 Å². The summed E-state index contributed by atoms with van der Waals surface area (Å²) in [6.07, 6.45) is 3.77. The van der Waals surface area contributed by atoms with Crippen molar-refractivity contribution in [2.24, 2.45) is 0 Å². The number of carbonyl (C=O) groups is 1. The summed E-state index contributed by atoms with van der Waals surface area (Å²) in [5.74, 6) is 0.0485. The van der Waals surface area contributed by atoms with Crippen molar-refractivity contribution in [3.05, 3.63) is 27.8 Å². The lowest BCUT2D eigenvalue weighted by Gasteiger charge is -2.27. The molecule has 5 heteroatoms. The van der Waals surface area contributed by atoms with Gasteiger partial charge < -0.3 is 10.6 Å². The number of hydrogen-bond acceptors (Lipinski definition) is 3. The van der Waals surface area contributed by atoms with Gasteiger partial charge in [0.15, 0.2) is 0 Å². The van der Waals surface area contributed by atoms with E-state index >= 15 is 0 Å². The molecule has 0 aromatic heterocycles. The van der Waals surface area contributed by atoms with Crippen LogP contribution in [0.4, 0.5) is 5.69 Å². The SMILES string of the molecule is CN(CC(=O)Nc1ccccc1I)CC1CCCCN1. The van der Waals surface area contributed by atoms with Crippen molar-refractivity contribution < 1.29 is 4.79 Å². The second-order valence-electron chi connectivity index (χ2n) is 5.37. The molecule has 1 amide bonds. The summed E-state index contributed by atoms with van der Waals surface area (Å²) in [4.78, 5) is 14.1. The molecule has 4 nitrogen and oxygen atoms in total. The van der Waals surface area contributed by atoms with E-state index in [1.807, 2.05) is 31.3 Å². The van der Waals surface area contributed by atoms with Crippen LogP contribution in [0.25, 0.3) is 0 Å². The van der Waals surface area contributed by atoms with E-state index in [9.17, 15) is 4.79 Å². The minimum absolute atomic E-state index is 0.0485. The third kappa shape index (κ3) is 5.03. The van der Waals surface area contributed by atoms with Crippen molar-refractivity contribution in [2.45, 2.75) is 25.3 Å². The highest BCUT2D eigenvalue weighted by Gasteiger charge is 2.16. The average Bonchev–Trinajstić information content (AvgIpc) is 2.42. The average molecular weight is 387 g/mol. The maximum absolute atomic E-state index is 12.0. The van der Waals surface area contributed by atoms with Gasteiger partial charge in [-0.3, -0.25) is 9.69 Å². The number of nitrogens with zero attached hydrogens (tertiary/aromatic N) is 1. The number of benzene rings is 1. The van der Waals surface area contributed by atoms with Crippen molar-refractivity contribution in [1.82, 2.24) is 10.2 Å². The molecule has 1 aromatic carbocycles. The Morgan fingerprint density at radius 2 is 2.25 bits per heavy atom. The number of halogens is 1. The van der Waals surface area contributed by atoms with Crippen molar-refractivity contribution in [2.75, 3.05) is 32.0 Å². The van der Waals surface area contributed by atoms with Gasteiger partial charge in [-0.1, -0.05) is 18.6 Å². The minimum Gasteiger partial charge on any atom is -0.324 e. The number of carbonyl (C=O) groups excluding carboxylic acids is 1. The number of amides is 1. The molecule has 2 rings (SSSR count). The van der Waals surface area contributed by atoms with Crippen LogP contribution in [-0.2, 0) is 4.79 Å². The first kappa shape index (κ1) is 15.7. The Bertz CT molecular complexity index is 446. The van der Waals surface area contributed by atoms with E-state index < -0.39 is 0 Å². The van der Waals surface area contributed by atoms with Gasteiger partial charge in [-0.25, -0.2) is 0 Å². The molecular formula is C15H22IN3O. The summed E-state index contributed by atoms with van der Waals surface area (Å²) in [6, 6.07) is 8.36. The van der Waals surface area contributed by atoms with Gasteiger partial charge in [-0.05, 0) is 61.2 Å². The first-order valence-electron chi connectivity index (χ1n) is 7.11. The molecule has 0 saturated carbocycles. The van der Waals surface area contributed by atoms with E-state index in [1.165, 1.54) is 19.3 Å². The zero-order valence-corrected chi connectivity index (χ0v) is 14.0. The molecule has 110 valence electrons. The highest BCUT2D eigenvalue weighted by Crippen LogP contribution is 2.16. The van der Waals surface area contributed by atoms with E-state index in [4.69, 9.17) is 0 Å². The zero-order valence-electron chi connectivity index (χ0n) is 11.9. The van der Waals surface area contributed by atoms with E-state index in [1.54, 1.807) is 0 Å². The molecule has 1 fully saturated rings. The molecular weight excluding hydrogens is 365 g/mol. The van der Waals surface area contributed by atoms with Gasteiger partial charge in [0.1, 0.15) is 0 Å². The smallest absolute Gasteiger partial charge is 0.238 e. The maximum atomic E-state index is 12.0. The van der Waals surface area contributed by atoms with Crippen LogP contribution in [0.1, 0.15) is 19.3 Å². The Kier molecular flexibility index (Phi) is 6.25. The van der Waals surface area contributed by atoms with Gasteiger partial charge in [0.05, 0.1) is 12.2 Å². The summed E-state index contributed by atoms with van der Waals surface area (Å²) in [5, 5.41) is 6.48. The Hall–Kier alpha value is -0.660. The predicted octanol–water partition coefficient (Wildman–Crippen LogP) is 2.30. The Labute approximate surface area is 134 Å². The largest absolute Gasteiger partial charge is 0.324 e. The predicted molar refractivity (Wildman–Crippen MR) is 90.9 cm³/mol. The highest BCUT2D eigenvalue weighted by molar-refractivity contribution is 14.1. The third-order valence-electron chi connectivity index (χ3n) is 3.51. The first-order valence-corrected chi connectivity index (χ1v) is 8.19. The second-order valence-corrected chi connectivity index (χ2v) is 6.53. The lowest BCUT2D eigenvalue weighted by molar-refractivity contribution is -0.117. The standard InChI is InChI=1S/C15H22IN3O/c1-19(10-12-6-4-5-9-17-12)11-15(20)18-14-8-3-2-7-13(14)16/h2-3,7-8,12,17H,4-6,9-11H2,1H3,(H,18,20). The lowest BCUT2D eigenvalue weighted by atomic mass is 10.0. The van der Waals surface area contributed by atoms with Crippen LogP contribution in [0.3, 0.4) is 0 Å². The molecule has 2 N–H and O–H groups in total. The number of para-hydroxylation sites is 1. The highest BCUT2D eigenvalue weighted by atomic mass is 127. The Morgan fingerprint density at radius 3 is 2.95 bits per heavy atom. The number of nitrogens with one attached hydrogen (secondary N) is 2. The van der Waals surface area contributed by atoms with Gasteiger partial charge in [-0.2, -0.15) is 0 Å². The van der Waals surface area contributed by atoms with Crippen molar-refractivity contribution in [3.63, 3.8) is 0 Å². The fourth-order valence-electron chi connectivity index (χ4n) is 2.52. The zero-order chi connectivity index (χ0) is 14.4. The molecule has 1 saturated heterocycles. The monoisotopic (exact) mass is 387 g/mol. The van der Waals surface area contributed by atoms with Crippen LogP contribution in [0.5, 0.6) is 0 Å². The molecule has 0 spiro atoms. The summed E-state index contributed by atoms with van der Waals surface area (Å²) in [7, 11) is 2.01. The quantitative estimate of drug-likeness (QED) is 0.763. The van der Waals surface area contributed by atoms with Gasteiger partial charge in [0.2, 0.25) is 5.91 Å². The molecule has 1 atom stereocenters. The Balaban J connectivity index is 1.77. The van der Waals surface area contributed by atoms with Crippen molar-refractivity contribution >= 4 is 34.2 Å². The Morgan fingerprint density at radius 1 is 1.45 bits per heavy atom. The van der Waals surface area contributed by atoms with Crippen LogP contribution in [0, 0.1) is 3.57 Å². The first-order chi connectivity index (χ1) is 9.65. The van der Waals surface area contributed by atoms with Crippen molar-refractivity contribution in [3.8, 4) is 0 Å². The number of rotatable bonds is 5. The van der Waals surface area contributed by atoms with Gasteiger partial charge >= 0.3 is 0 Å². The molecule has 1 aromatic rings. The summed E-state index contributed by atoms with van der Waals surface area (Å²) >= 11 is 2.23. The van der Waals surface area contributed by atoms with E-state index in [2.05, 4.69) is 38.1 Å². The van der Waals surface area contributed by atoms with E-state index in [-0.39, 0.29) is 5.91 Å². The summed E-state index contributed by atoms with van der Waals surface area (Å²) < 4.78 is 1.06. The maximum Gasteiger partial charge on any atom is 0.238 e. The minimum atomic E-state index is 0.0485. The molecule has 0 bridgehead atoms. The second kappa shape index (κ2) is 7.95. The molecule has 1 unspecified atom stereocenters. The summed E-state index contributed by atoms with van der Waals surface area (Å²) in [5.41, 5.74) is 0.891. The molecule has 0 aliphatic carbocycles. The van der Waals surface area contributed by atoms with E-state index in [0.717, 1.165) is 22.3 Å². The fourth-order valence-corrected chi connectivity index (χ4v) is 3.04. The van der Waals surface area contributed by atoms with Gasteiger partial charge in [0, 0.05) is 16.2 Å². The molecule has 1 aliphatic rings. The fraction of sp³-hybridized carbons (Fsp3) is 0.533. The topological polar surface area (TPSA) is 44.4 Å². The van der Waals surface area contributed by atoms with Crippen LogP contribution in [0.15, 0.2) is 24.3 Å². The lowest BCUT2D eigenvalue weighted by Crippen LogP contribution is -2.44. The van der Waals surface area contributed by atoms with Crippen LogP contribution in [0.2, 0.25) is 0 Å². The van der Waals surface area contributed by atoms with Crippen LogP contribution >= 0.6 is 22.6 Å². The van der Waals surface area contributed by atoms with Crippen molar-refractivity contribution in [1.29, 1.82) is 0 Å². The molecule has 0 radical (unpaired) electrons. The molecule has 20 heavy (non-hydrogen) atoms. The van der Waals surface area contributed by atoms with E-state index in [0.29, 0.717) is 12.6 Å². The summed E-state index contributed by atoms with van der Waals surface area (Å²) in [6.45, 7) is 2.47. The number of likely N-dealkylation sites (N-methyl/N-ethyl adjacent to an activating group) is 1. The molecule has 1 aliphatic heterocycles. The van der Waals surface area contributed by atoms with Gasteiger partial charge in [-0.15, -0.1) is 0 Å². The number of piperidine rings is 1. The normalized spacial score (nSPS) is 19.1. The molecule has 1 heterocycles. The number of anilines is 1. The van der Waals surface area contributed by atoms with Crippen LogP contribution < -0.4 is 10.6 Å². The van der Waals surface area contributed by atoms with Crippen LogP contribution in [-0.4, -0.2) is 43.5 Å². The number of hydrogen-bond donors (Lipinski definition) is 2. The third-order valence-corrected chi connectivity index (χ3v) is 4.45.